The van der Waals surface area contributed by atoms with Crippen LogP contribution in [0.2, 0.25) is 0 Å². The lowest BCUT2D eigenvalue weighted by Crippen LogP contribution is -2.41. The highest BCUT2D eigenvalue weighted by Gasteiger charge is 2.25. The molecule has 9 nitrogen and oxygen atoms in total. The summed E-state index contributed by atoms with van der Waals surface area (Å²) in [4.78, 5) is 31.5. The molecule has 0 aliphatic carbocycles. The zero-order valence-electron chi connectivity index (χ0n) is 12.0. The van der Waals surface area contributed by atoms with E-state index >= 15 is 0 Å². The van der Waals surface area contributed by atoms with Crippen LogP contribution >= 0.6 is 0 Å². The van der Waals surface area contributed by atoms with Gasteiger partial charge in [0.25, 0.3) is 5.69 Å². The number of nitro groups is 1. The van der Waals surface area contributed by atoms with Gasteiger partial charge >= 0.3 is 5.97 Å². The van der Waals surface area contributed by atoms with Crippen molar-refractivity contribution in [2.75, 3.05) is 7.11 Å². The van der Waals surface area contributed by atoms with Crippen molar-refractivity contribution in [3.8, 4) is 0 Å². The van der Waals surface area contributed by atoms with E-state index in [-0.39, 0.29) is 17.0 Å². The van der Waals surface area contributed by atoms with Crippen molar-refractivity contribution in [3.63, 3.8) is 0 Å². The number of sulfonamides is 1. The van der Waals surface area contributed by atoms with Gasteiger partial charge in [0.1, 0.15) is 12.3 Å². The molecule has 0 spiro atoms. The first-order valence-electron chi connectivity index (χ1n) is 6.26. The minimum atomic E-state index is -4.09. The Morgan fingerprint density at radius 3 is 2.48 bits per heavy atom. The van der Waals surface area contributed by atoms with Crippen molar-refractivity contribution < 1.29 is 27.7 Å². The Morgan fingerprint density at radius 1 is 1.39 bits per heavy atom. The number of rotatable bonds is 8. The second kappa shape index (κ2) is 8.15. The number of hydrogen-bond donors (Lipinski definition) is 1. The number of nitrogens with zero attached hydrogens (tertiary/aromatic N) is 1. The fourth-order valence-corrected chi connectivity index (χ4v) is 2.80. The number of nitro benzene ring substituents is 1. The molecule has 0 aliphatic rings. The zero-order valence-corrected chi connectivity index (χ0v) is 12.9. The Balaban J connectivity index is 3.00. The topological polar surface area (TPSA) is 133 Å². The molecule has 1 N–H and O–H groups in total. The summed E-state index contributed by atoms with van der Waals surface area (Å²) in [6.45, 7) is 0. The third-order valence-electron chi connectivity index (χ3n) is 2.73. The third kappa shape index (κ3) is 5.27. The van der Waals surface area contributed by atoms with Crippen LogP contribution in [0.25, 0.3) is 0 Å². The average molecular weight is 342 g/mol. The van der Waals surface area contributed by atoms with E-state index in [1.165, 1.54) is 6.08 Å². The van der Waals surface area contributed by atoms with Gasteiger partial charge in [-0.2, -0.15) is 4.72 Å². The molecule has 0 unspecified atom stereocenters. The standard InChI is InChI=1S/C13H14N2O7S/c1-22-13(17)12(4-2-3-9-16)14-23(20,21)11-7-5-10(6-8-11)15(18)19/h2-3,5-9,12,14H,4H2,1H3/b3-2+/t12-/m0/s1. The molecule has 1 aromatic carbocycles. The molecule has 0 aromatic heterocycles. The van der Waals surface area contributed by atoms with Gasteiger partial charge in [-0.25, -0.2) is 8.42 Å². The smallest absolute Gasteiger partial charge is 0.324 e. The Hall–Kier alpha value is -2.59. The van der Waals surface area contributed by atoms with E-state index in [0.717, 1.165) is 37.5 Å². The summed E-state index contributed by atoms with van der Waals surface area (Å²) < 4.78 is 31.0. The number of allylic oxidation sites excluding steroid dienone is 1. The largest absolute Gasteiger partial charge is 0.468 e. The average Bonchev–Trinajstić information content (AvgIpc) is 2.53. The number of carbonyl (C=O) groups is 2. The van der Waals surface area contributed by atoms with Gasteiger partial charge in [0, 0.05) is 12.1 Å². The van der Waals surface area contributed by atoms with E-state index in [0.29, 0.717) is 6.29 Å². The number of nitrogens with one attached hydrogen (secondary N) is 1. The van der Waals surface area contributed by atoms with Crippen molar-refractivity contribution in [1.29, 1.82) is 0 Å². The van der Waals surface area contributed by atoms with Gasteiger partial charge in [0.2, 0.25) is 10.0 Å². The van der Waals surface area contributed by atoms with E-state index in [2.05, 4.69) is 9.46 Å². The summed E-state index contributed by atoms with van der Waals surface area (Å²) in [5, 5.41) is 10.6. The molecule has 0 saturated carbocycles. The predicted molar refractivity (Wildman–Crippen MR) is 79.0 cm³/mol. The Kier molecular flexibility index (Phi) is 6.54. The molecule has 0 aliphatic heterocycles. The lowest BCUT2D eigenvalue weighted by molar-refractivity contribution is -0.384. The summed E-state index contributed by atoms with van der Waals surface area (Å²) in [5.74, 6) is -0.828. The predicted octanol–water partition coefficient (Wildman–Crippen LogP) is 0.560. The van der Waals surface area contributed by atoms with Crippen molar-refractivity contribution in [2.24, 2.45) is 0 Å². The monoisotopic (exact) mass is 342 g/mol. The lowest BCUT2D eigenvalue weighted by atomic mass is 10.2. The van der Waals surface area contributed by atoms with E-state index < -0.39 is 27.0 Å². The number of methoxy groups -OCH3 is 1. The number of esters is 1. The number of aldehydes is 1. The Labute approximate surface area is 132 Å². The molecule has 0 amide bonds. The maximum atomic E-state index is 12.2. The number of non-ortho nitro benzene ring substituents is 1. The quantitative estimate of drug-likeness (QED) is 0.240. The molecule has 0 saturated heterocycles. The van der Waals surface area contributed by atoms with E-state index in [4.69, 9.17) is 0 Å². The minimum Gasteiger partial charge on any atom is -0.468 e. The van der Waals surface area contributed by atoms with Crippen LogP contribution in [-0.2, 0) is 24.3 Å². The third-order valence-corrected chi connectivity index (χ3v) is 4.21. The Bertz CT molecular complexity index is 710. The van der Waals surface area contributed by atoms with Gasteiger partial charge in [0.15, 0.2) is 0 Å². The van der Waals surface area contributed by atoms with E-state index in [1.54, 1.807) is 0 Å². The first-order valence-corrected chi connectivity index (χ1v) is 7.75. The van der Waals surface area contributed by atoms with E-state index in [9.17, 15) is 28.1 Å². The molecule has 0 fully saturated rings. The lowest BCUT2D eigenvalue weighted by Gasteiger charge is -2.15. The van der Waals surface area contributed by atoms with Crippen LogP contribution in [0, 0.1) is 10.1 Å². The molecule has 0 radical (unpaired) electrons. The highest BCUT2D eigenvalue weighted by atomic mass is 32.2. The zero-order chi connectivity index (χ0) is 17.5. The maximum Gasteiger partial charge on any atom is 0.324 e. The van der Waals surface area contributed by atoms with Gasteiger partial charge in [0.05, 0.1) is 16.9 Å². The number of hydrogen-bond acceptors (Lipinski definition) is 7. The summed E-state index contributed by atoms with van der Waals surface area (Å²) in [7, 11) is -2.99. The van der Waals surface area contributed by atoms with Gasteiger partial charge in [-0.3, -0.25) is 19.7 Å². The van der Waals surface area contributed by atoms with Crippen molar-refractivity contribution in [2.45, 2.75) is 17.4 Å². The van der Waals surface area contributed by atoms with Gasteiger partial charge in [-0.15, -0.1) is 0 Å². The van der Waals surface area contributed by atoms with Crippen LogP contribution in [0.3, 0.4) is 0 Å². The molecule has 1 aromatic rings. The molecule has 10 heteroatoms. The van der Waals surface area contributed by atoms with Crippen molar-refractivity contribution in [3.05, 3.63) is 46.5 Å². The molecule has 23 heavy (non-hydrogen) atoms. The van der Waals surface area contributed by atoms with Crippen LogP contribution in [0.1, 0.15) is 6.42 Å². The molecule has 0 bridgehead atoms. The first kappa shape index (κ1) is 18.5. The SMILES string of the molecule is COC(=O)[C@H](C/C=C/C=O)NS(=O)(=O)c1ccc([N+](=O)[O-])cc1. The highest BCUT2D eigenvalue weighted by Crippen LogP contribution is 2.16. The highest BCUT2D eigenvalue weighted by molar-refractivity contribution is 7.89. The minimum absolute atomic E-state index is 0.0857. The van der Waals surface area contributed by atoms with Gasteiger partial charge < -0.3 is 4.74 Å². The van der Waals surface area contributed by atoms with Crippen molar-refractivity contribution >= 4 is 28.0 Å². The number of ether oxygens (including phenoxy) is 1. The number of benzene rings is 1. The number of carbonyl (C=O) groups excluding carboxylic acids is 2. The van der Waals surface area contributed by atoms with Crippen LogP contribution in [0.5, 0.6) is 0 Å². The Morgan fingerprint density at radius 2 is 2.00 bits per heavy atom. The van der Waals surface area contributed by atoms with Crippen LogP contribution < -0.4 is 4.72 Å². The second-order valence-electron chi connectivity index (χ2n) is 4.25. The van der Waals surface area contributed by atoms with Gasteiger partial charge in [-0.1, -0.05) is 6.08 Å². The fourth-order valence-electron chi connectivity index (χ4n) is 1.61. The molecular weight excluding hydrogens is 328 g/mol. The van der Waals surface area contributed by atoms with Crippen LogP contribution in [0.15, 0.2) is 41.3 Å². The molecule has 1 atom stereocenters. The van der Waals surface area contributed by atoms with E-state index in [1.807, 2.05) is 0 Å². The first-order chi connectivity index (χ1) is 10.8. The van der Waals surface area contributed by atoms with Crippen LogP contribution in [0.4, 0.5) is 5.69 Å². The molecule has 0 heterocycles. The fraction of sp³-hybridized carbons (Fsp3) is 0.231. The maximum absolute atomic E-state index is 12.2. The summed E-state index contributed by atoms with van der Waals surface area (Å²) in [6.07, 6.45) is 2.83. The normalized spacial score (nSPS) is 12.7. The molecular formula is C13H14N2O7S. The van der Waals surface area contributed by atoms with Crippen molar-refractivity contribution in [1.82, 2.24) is 4.72 Å². The molecule has 124 valence electrons. The van der Waals surface area contributed by atoms with Crippen LogP contribution in [-0.4, -0.2) is 38.7 Å². The summed E-state index contributed by atoms with van der Waals surface area (Å²) in [6, 6.07) is 2.95. The second-order valence-corrected chi connectivity index (χ2v) is 5.96. The summed E-state index contributed by atoms with van der Waals surface area (Å²) in [5.41, 5.74) is -0.262. The molecule has 1 rings (SSSR count). The van der Waals surface area contributed by atoms with Gasteiger partial charge in [-0.05, 0) is 24.6 Å². The summed E-state index contributed by atoms with van der Waals surface area (Å²) >= 11 is 0.